The SMILES string of the molecule is CCC[C@H]1CC[C@H](CCc2ccc(C(=O)O)c(-c3ccc(F)c(F)c3)c2)CC1. The molecule has 0 saturated heterocycles. The van der Waals surface area contributed by atoms with Gasteiger partial charge in [-0.25, -0.2) is 13.6 Å². The minimum atomic E-state index is -1.07. The van der Waals surface area contributed by atoms with Gasteiger partial charge in [0.05, 0.1) is 5.56 Å². The molecule has 0 spiro atoms. The Morgan fingerprint density at radius 1 is 0.964 bits per heavy atom. The van der Waals surface area contributed by atoms with E-state index in [0.717, 1.165) is 42.4 Å². The van der Waals surface area contributed by atoms with Crippen LogP contribution in [0.3, 0.4) is 0 Å². The van der Waals surface area contributed by atoms with E-state index in [-0.39, 0.29) is 5.56 Å². The van der Waals surface area contributed by atoms with E-state index in [1.165, 1.54) is 44.6 Å². The van der Waals surface area contributed by atoms with Gasteiger partial charge in [-0.1, -0.05) is 63.6 Å². The molecule has 0 radical (unpaired) electrons. The van der Waals surface area contributed by atoms with Crippen LogP contribution in [0.15, 0.2) is 36.4 Å². The Hall–Kier alpha value is -2.23. The molecule has 2 aromatic rings. The van der Waals surface area contributed by atoms with E-state index < -0.39 is 17.6 Å². The normalized spacial score (nSPS) is 19.5. The Bertz CT molecular complexity index is 823. The summed E-state index contributed by atoms with van der Waals surface area (Å²) in [6.45, 7) is 2.25. The van der Waals surface area contributed by atoms with Crippen LogP contribution >= 0.6 is 0 Å². The molecule has 2 aromatic carbocycles. The first-order chi connectivity index (χ1) is 13.5. The zero-order valence-corrected chi connectivity index (χ0v) is 16.4. The fraction of sp³-hybridized carbons (Fsp3) is 0.458. The lowest BCUT2D eigenvalue weighted by Crippen LogP contribution is -2.15. The molecule has 4 heteroatoms. The highest BCUT2D eigenvalue weighted by atomic mass is 19.2. The summed E-state index contributed by atoms with van der Waals surface area (Å²) in [5.41, 5.74) is 1.98. The van der Waals surface area contributed by atoms with Crippen molar-refractivity contribution in [2.75, 3.05) is 0 Å². The summed E-state index contributed by atoms with van der Waals surface area (Å²) in [6, 6.07) is 8.77. The van der Waals surface area contributed by atoms with E-state index in [2.05, 4.69) is 6.92 Å². The third-order valence-corrected chi connectivity index (χ3v) is 6.05. The Morgan fingerprint density at radius 3 is 2.25 bits per heavy atom. The quantitative estimate of drug-likeness (QED) is 0.564. The van der Waals surface area contributed by atoms with Gasteiger partial charge in [0.15, 0.2) is 11.6 Å². The predicted molar refractivity (Wildman–Crippen MR) is 107 cm³/mol. The molecule has 0 bridgehead atoms. The summed E-state index contributed by atoms with van der Waals surface area (Å²) >= 11 is 0. The molecule has 28 heavy (non-hydrogen) atoms. The highest BCUT2D eigenvalue weighted by Gasteiger charge is 2.21. The lowest BCUT2D eigenvalue weighted by atomic mass is 9.78. The van der Waals surface area contributed by atoms with Crippen LogP contribution in [0.4, 0.5) is 8.78 Å². The van der Waals surface area contributed by atoms with Crippen LogP contribution in [0.1, 0.15) is 67.8 Å². The third kappa shape index (κ3) is 4.98. The van der Waals surface area contributed by atoms with Gasteiger partial charge in [0.1, 0.15) is 0 Å². The van der Waals surface area contributed by atoms with Gasteiger partial charge < -0.3 is 5.11 Å². The van der Waals surface area contributed by atoms with Gasteiger partial charge in [0.2, 0.25) is 0 Å². The average Bonchev–Trinajstić information content (AvgIpc) is 2.69. The first-order valence-corrected chi connectivity index (χ1v) is 10.3. The molecule has 0 amide bonds. The van der Waals surface area contributed by atoms with Gasteiger partial charge in [0, 0.05) is 0 Å². The summed E-state index contributed by atoms with van der Waals surface area (Å²) in [5.74, 6) is -1.37. The van der Waals surface area contributed by atoms with Crippen LogP contribution < -0.4 is 0 Å². The molecular formula is C24H28F2O2. The minimum Gasteiger partial charge on any atom is -0.478 e. The molecule has 0 unspecified atom stereocenters. The second-order valence-corrected chi connectivity index (χ2v) is 8.03. The monoisotopic (exact) mass is 386 g/mol. The molecule has 1 aliphatic carbocycles. The largest absolute Gasteiger partial charge is 0.478 e. The molecule has 1 N–H and O–H groups in total. The van der Waals surface area contributed by atoms with Crippen LogP contribution in [0.25, 0.3) is 11.1 Å². The molecule has 2 nitrogen and oxygen atoms in total. The smallest absolute Gasteiger partial charge is 0.336 e. The number of benzene rings is 2. The fourth-order valence-electron chi connectivity index (χ4n) is 4.42. The van der Waals surface area contributed by atoms with Crippen molar-refractivity contribution in [3.8, 4) is 11.1 Å². The Morgan fingerprint density at radius 2 is 1.64 bits per heavy atom. The molecule has 3 rings (SSSR count). The number of rotatable bonds is 7. The first-order valence-electron chi connectivity index (χ1n) is 10.3. The van der Waals surface area contributed by atoms with Gasteiger partial charge in [-0.15, -0.1) is 0 Å². The number of aromatic carboxylic acids is 1. The van der Waals surface area contributed by atoms with Crippen molar-refractivity contribution >= 4 is 5.97 Å². The number of hydrogen-bond acceptors (Lipinski definition) is 1. The molecular weight excluding hydrogens is 358 g/mol. The lowest BCUT2D eigenvalue weighted by molar-refractivity contribution is 0.0697. The van der Waals surface area contributed by atoms with Crippen molar-refractivity contribution in [3.05, 3.63) is 59.2 Å². The van der Waals surface area contributed by atoms with E-state index in [9.17, 15) is 18.7 Å². The maximum atomic E-state index is 13.7. The van der Waals surface area contributed by atoms with Crippen LogP contribution in [-0.4, -0.2) is 11.1 Å². The van der Waals surface area contributed by atoms with Gasteiger partial charge in [-0.05, 0) is 59.6 Å². The highest BCUT2D eigenvalue weighted by molar-refractivity contribution is 5.96. The highest BCUT2D eigenvalue weighted by Crippen LogP contribution is 2.34. The maximum absolute atomic E-state index is 13.7. The summed E-state index contributed by atoms with van der Waals surface area (Å²) in [6.07, 6.45) is 9.73. The second-order valence-electron chi connectivity index (χ2n) is 8.03. The molecule has 0 aliphatic heterocycles. The van der Waals surface area contributed by atoms with Crippen molar-refractivity contribution < 1.29 is 18.7 Å². The molecule has 0 aromatic heterocycles. The van der Waals surface area contributed by atoms with Gasteiger partial charge in [-0.3, -0.25) is 0 Å². The zero-order chi connectivity index (χ0) is 20.1. The van der Waals surface area contributed by atoms with Crippen molar-refractivity contribution in [3.63, 3.8) is 0 Å². The van der Waals surface area contributed by atoms with Crippen LogP contribution in [0.5, 0.6) is 0 Å². The fourth-order valence-corrected chi connectivity index (χ4v) is 4.42. The van der Waals surface area contributed by atoms with E-state index in [1.807, 2.05) is 12.1 Å². The predicted octanol–water partition coefficient (Wildman–Crippen LogP) is 6.87. The molecule has 0 heterocycles. The molecule has 150 valence electrons. The van der Waals surface area contributed by atoms with Crippen molar-refractivity contribution in [1.82, 2.24) is 0 Å². The first kappa shape index (κ1) is 20.5. The average molecular weight is 386 g/mol. The Labute approximate surface area is 165 Å². The third-order valence-electron chi connectivity index (χ3n) is 6.05. The zero-order valence-electron chi connectivity index (χ0n) is 16.4. The summed E-state index contributed by atoms with van der Waals surface area (Å²) < 4.78 is 26.9. The maximum Gasteiger partial charge on any atom is 0.336 e. The summed E-state index contributed by atoms with van der Waals surface area (Å²) in [4.78, 5) is 11.6. The molecule has 1 aliphatic rings. The van der Waals surface area contributed by atoms with Crippen molar-refractivity contribution in [2.24, 2.45) is 11.8 Å². The molecule has 0 atom stereocenters. The van der Waals surface area contributed by atoms with E-state index >= 15 is 0 Å². The summed E-state index contributed by atoms with van der Waals surface area (Å²) in [7, 11) is 0. The van der Waals surface area contributed by atoms with Crippen LogP contribution in [0, 0.1) is 23.5 Å². The Kier molecular flexibility index (Phi) is 6.82. The molecule has 1 fully saturated rings. The van der Waals surface area contributed by atoms with Crippen molar-refractivity contribution in [2.45, 2.75) is 58.3 Å². The van der Waals surface area contributed by atoms with Crippen LogP contribution in [-0.2, 0) is 6.42 Å². The minimum absolute atomic E-state index is 0.106. The number of halogens is 2. The second kappa shape index (κ2) is 9.31. The number of carbonyl (C=O) groups is 1. The van der Waals surface area contributed by atoms with E-state index in [1.54, 1.807) is 6.07 Å². The van der Waals surface area contributed by atoms with Crippen LogP contribution in [0.2, 0.25) is 0 Å². The van der Waals surface area contributed by atoms with Crippen molar-refractivity contribution in [1.29, 1.82) is 0 Å². The lowest BCUT2D eigenvalue weighted by Gasteiger charge is -2.28. The molecule has 1 saturated carbocycles. The number of hydrogen-bond donors (Lipinski definition) is 1. The van der Waals surface area contributed by atoms with E-state index in [0.29, 0.717) is 11.1 Å². The van der Waals surface area contributed by atoms with Gasteiger partial charge >= 0.3 is 5.97 Å². The number of carboxylic acids is 1. The van der Waals surface area contributed by atoms with Gasteiger partial charge in [-0.2, -0.15) is 0 Å². The topological polar surface area (TPSA) is 37.3 Å². The summed E-state index contributed by atoms with van der Waals surface area (Å²) in [5, 5.41) is 9.48. The number of aryl methyl sites for hydroxylation is 1. The number of carboxylic acid groups (broad SMARTS) is 1. The standard InChI is InChI=1S/C24H28F2O2/c1-2-3-16-4-6-17(7-5-16)8-9-18-10-12-20(24(27)28)21(14-18)19-11-13-22(25)23(26)15-19/h10-17H,2-9H2,1H3,(H,27,28)/t16-,17-. The van der Waals surface area contributed by atoms with Gasteiger partial charge in [0.25, 0.3) is 0 Å². The van der Waals surface area contributed by atoms with E-state index in [4.69, 9.17) is 0 Å². The Balaban J connectivity index is 1.72.